The van der Waals surface area contributed by atoms with Crippen molar-refractivity contribution in [3.63, 3.8) is 0 Å². The van der Waals surface area contributed by atoms with Gasteiger partial charge in [0.2, 0.25) is 0 Å². The zero-order chi connectivity index (χ0) is 6.50. The first-order valence-corrected chi connectivity index (χ1v) is 2.57. The van der Waals surface area contributed by atoms with Crippen LogP contribution in [0.5, 0.6) is 0 Å². The Hall–Kier alpha value is 0.197. The van der Waals surface area contributed by atoms with Crippen molar-refractivity contribution in [3.05, 3.63) is 6.57 Å². The Balaban J connectivity index is -0.0000000750. The minimum absolute atomic E-state index is 0. The molecule has 5 nitrogen and oxygen atoms in total. The number of phosphoric acid groups is 1. The second-order valence-corrected chi connectivity index (χ2v) is 1.54. The normalized spacial score (nSPS) is 7.62. The fourth-order valence-corrected chi connectivity index (χ4v) is 0. The molecule has 0 bridgehead atoms. The van der Waals surface area contributed by atoms with Gasteiger partial charge in [-0.2, -0.15) is 0 Å². The summed E-state index contributed by atoms with van der Waals surface area (Å²) in [6.07, 6.45) is 0. The Morgan fingerprint density at radius 1 is 1.25 bits per heavy atom. The second kappa shape index (κ2) is 7.20. The summed E-state index contributed by atoms with van der Waals surface area (Å²) in [5.41, 5.74) is 0. The van der Waals surface area contributed by atoms with Crippen molar-refractivity contribution >= 4 is 7.82 Å². The summed E-state index contributed by atoms with van der Waals surface area (Å²) in [6.45, 7) is 4.75. The van der Waals surface area contributed by atoms with Crippen molar-refractivity contribution in [3.8, 4) is 0 Å². The van der Waals surface area contributed by atoms with Crippen LogP contribution in [0.4, 0.5) is 0 Å². The molecular formula is CH3LiNO4P. The van der Waals surface area contributed by atoms with E-state index in [0.717, 1.165) is 0 Å². The zero-order valence-electron chi connectivity index (χ0n) is 4.14. The smallest absolute Gasteiger partial charge is 0.512 e. The molecule has 8 heavy (non-hydrogen) atoms. The molecule has 0 radical (unpaired) electrons. The predicted octanol–water partition coefficient (Wildman–Crippen LogP) is -3.83. The van der Waals surface area contributed by atoms with Crippen molar-refractivity contribution in [2.75, 3.05) is 0 Å². The van der Waals surface area contributed by atoms with Gasteiger partial charge in [-0.05, 0) is 0 Å². The van der Waals surface area contributed by atoms with Crippen LogP contribution in [0.15, 0.2) is 0 Å². The Morgan fingerprint density at radius 2 is 1.25 bits per heavy atom. The van der Waals surface area contributed by atoms with Crippen LogP contribution in [0.2, 0.25) is 0 Å². The van der Waals surface area contributed by atoms with Crippen molar-refractivity contribution in [1.82, 2.24) is 0 Å². The van der Waals surface area contributed by atoms with Gasteiger partial charge in [-0.1, -0.05) is 0 Å². The molecule has 0 aliphatic carbocycles. The number of rotatable bonds is 0. The van der Waals surface area contributed by atoms with Gasteiger partial charge in [-0.15, -0.1) is 0 Å². The third-order valence-corrected chi connectivity index (χ3v) is 0. The summed E-state index contributed by atoms with van der Waals surface area (Å²) in [5.74, 6) is 0. The van der Waals surface area contributed by atoms with Crippen LogP contribution < -0.4 is 18.9 Å². The molecule has 0 spiro atoms. The third-order valence-electron chi connectivity index (χ3n) is 0. The molecule has 3 N–H and O–H groups in total. The summed E-state index contributed by atoms with van der Waals surface area (Å²) in [6, 6.07) is 0. The molecule has 0 amide bonds. The average Bonchev–Trinajstić information content (AvgIpc) is 1.36. The van der Waals surface area contributed by atoms with E-state index in [4.69, 9.17) is 31.1 Å². The molecule has 0 atom stereocenters. The van der Waals surface area contributed by atoms with Crippen LogP contribution >= 0.6 is 7.82 Å². The van der Waals surface area contributed by atoms with Gasteiger partial charge in [0.05, 0.1) is 0 Å². The second-order valence-electron chi connectivity index (χ2n) is 0.513. The Bertz CT molecular complexity index is 87.2. The first kappa shape index (κ1) is 15.7. The molecule has 0 saturated carbocycles. The third kappa shape index (κ3) is 4300. The van der Waals surface area contributed by atoms with Crippen molar-refractivity contribution in [1.29, 1.82) is 5.26 Å². The van der Waals surface area contributed by atoms with E-state index in [1.807, 2.05) is 0 Å². The largest absolute Gasteiger partial charge is 1.00 e. The maximum atomic E-state index is 8.88. The van der Waals surface area contributed by atoms with E-state index in [1.54, 1.807) is 0 Å². The molecule has 0 saturated heterocycles. The van der Waals surface area contributed by atoms with Crippen molar-refractivity contribution in [2.24, 2.45) is 0 Å². The van der Waals surface area contributed by atoms with Gasteiger partial charge in [-0.25, -0.2) is 4.57 Å². The summed E-state index contributed by atoms with van der Waals surface area (Å²) in [7, 11) is -4.64. The maximum Gasteiger partial charge on any atom is 1.00 e. The zero-order valence-corrected chi connectivity index (χ0v) is 5.04. The minimum atomic E-state index is -4.64. The van der Waals surface area contributed by atoms with E-state index in [2.05, 4.69) is 0 Å². The first-order valence-electron chi connectivity index (χ1n) is 1.01. The SMILES string of the molecule is O=P(O)(O)O.[C-]#N.[Li+]. The molecule has 0 aromatic carbocycles. The van der Waals surface area contributed by atoms with Crippen LogP contribution in [0.25, 0.3) is 0 Å². The van der Waals surface area contributed by atoms with Crippen molar-refractivity contribution in [2.45, 2.75) is 0 Å². The molecule has 0 aliphatic heterocycles. The van der Waals surface area contributed by atoms with E-state index in [0.29, 0.717) is 0 Å². The van der Waals surface area contributed by atoms with Crippen LogP contribution in [0, 0.1) is 11.8 Å². The van der Waals surface area contributed by atoms with Gasteiger partial charge in [-0.3, -0.25) is 0 Å². The molecule has 0 aromatic heterocycles. The Morgan fingerprint density at radius 3 is 1.25 bits per heavy atom. The molecule has 0 aliphatic rings. The molecule has 0 rings (SSSR count). The monoisotopic (exact) mass is 131 g/mol. The van der Waals surface area contributed by atoms with Crippen LogP contribution in [-0.2, 0) is 4.57 Å². The Kier molecular flexibility index (Phi) is 14.1. The molecule has 42 valence electrons. The fraction of sp³-hybridized carbons (Fsp3) is 0. The number of hydrogen-bond donors (Lipinski definition) is 3. The average molecular weight is 131 g/mol. The fourth-order valence-electron chi connectivity index (χ4n) is 0. The molecule has 7 heteroatoms. The minimum Gasteiger partial charge on any atom is -0.512 e. The van der Waals surface area contributed by atoms with Crippen molar-refractivity contribution < 1.29 is 38.1 Å². The Labute approximate surface area is 58.4 Å². The summed E-state index contributed by atoms with van der Waals surface area (Å²) < 4.78 is 8.88. The van der Waals surface area contributed by atoms with Gasteiger partial charge < -0.3 is 26.5 Å². The molecule has 0 heterocycles. The van der Waals surface area contributed by atoms with Gasteiger partial charge in [0.15, 0.2) is 0 Å². The summed E-state index contributed by atoms with van der Waals surface area (Å²) in [4.78, 5) is 21.6. The van der Waals surface area contributed by atoms with Gasteiger partial charge in [0.25, 0.3) is 0 Å². The summed E-state index contributed by atoms with van der Waals surface area (Å²) >= 11 is 0. The summed E-state index contributed by atoms with van der Waals surface area (Å²) in [5, 5.41) is 6.25. The van der Waals surface area contributed by atoms with E-state index in [9.17, 15) is 0 Å². The molecule has 0 unspecified atom stereocenters. The van der Waals surface area contributed by atoms with E-state index < -0.39 is 7.82 Å². The molecule has 0 fully saturated rings. The first-order chi connectivity index (χ1) is 3.00. The molecular weight excluding hydrogens is 128 g/mol. The van der Waals surface area contributed by atoms with E-state index >= 15 is 0 Å². The number of nitrogens with zero attached hydrogens (tertiary/aromatic N) is 1. The standard InChI is InChI=1S/CN.Li.H3O4P/c1-2;;1-5(2,3)4/h;;(H3,1,2,3,4)/q-1;+1;. The van der Waals surface area contributed by atoms with Crippen LogP contribution in [0.3, 0.4) is 0 Å². The van der Waals surface area contributed by atoms with Gasteiger partial charge in [0, 0.05) is 0 Å². The van der Waals surface area contributed by atoms with Gasteiger partial charge in [0.1, 0.15) is 0 Å². The maximum absolute atomic E-state index is 8.88. The number of hydrogen-bond acceptors (Lipinski definition) is 2. The quantitative estimate of drug-likeness (QED) is 0.177. The van der Waals surface area contributed by atoms with Gasteiger partial charge >= 0.3 is 26.7 Å². The van der Waals surface area contributed by atoms with Crippen LogP contribution in [0.1, 0.15) is 0 Å². The molecule has 0 aromatic rings. The van der Waals surface area contributed by atoms with Crippen LogP contribution in [-0.4, -0.2) is 14.7 Å². The topological polar surface area (TPSA) is 102 Å². The van der Waals surface area contributed by atoms with E-state index in [1.165, 1.54) is 0 Å². The predicted molar refractivity (Wildman–Crippen MR) is 19.2 cm³/mol. The van der Waals surface area contributed by atoms with E-state index in [-0.39, 0.29) is 18.9 Å².